The summed E-state index contributed by atoms with van der Waals surface area (Å²) in [6.45, 7) is 3.77. The first-order valence-electron chi connectivity index (χ1n) is 6.24. The molecular weight excluding hydrogens is 246 g/mol. The Kier molecular flexibility index (Phi) is 5.85. The molecule has 0 heterocycles. The monoisotopic (exact) mass is 265 g/mol. The van der Waals surface area contributed by atoms with Crippen LogP contribution in [-0.4, -0.2) is 23.2 Å². The van der Waals surface area contributed by atoms with Crippen molar-refractivity contribution in [2.75, 3.05) is 0 Å². The minimum atomic E-state index is -1.05. The Labute approximate surface area is 112 Å². The lowest BCUT2D eigenvalue weighted by Crippen LogP contribution is -2.45. The van der Waals surface area contributed by atoms with Crippen LogP contribution in [-0.2, 0) is 16.1 Å². The molecule has 19 heavy (non-hydrogen) atoms. The fourth-order valence-electron chi connectivity index (χ4n) is 1.57. The third kappa shape index (κ3) is 4.99. The van der Waals surface area contributed by atoms with Gasteiger partial charge in [0.05, 0.1) is 0 Å². The second-order valence-corrected chi connectivity index (χ2v) is 4.41. The molecule has 0 bridgehead atoms. The molecule has 0 fully saturated rings. The first kappa shape index (κ1) is 15.0. The van der Waals surface area contributed by atoms with E-state index in [0.29, 0.717) is 6.42 Å². The molecule has 0 radical (unpaired) electrons. The molecule has 0 saturated heterocycles. The second-order valence-electron chi connectivity index (χ2n) is 4.41. The largest absolute Gasteiger partial charge is 0.480 e. The number of carboxylic acid groups (broad SMARTS) is 1. The number of amides is 1. The Hall–Kier alpha value is -2.04. The van der Waals surface area contributed by atoms with Gasteiger partial charge in [-0.2, -0.15) is 0 Å². The van der Waals surface area contributed by atoms with E-state index in [1.807, 2.05) is 37.3 Å². The highest BCUT2D eigenvalue weighted by molar-refractivity contribution is 5.80. The third-order valence-electron chi connectivity index (χ3n) is 2.97. The van der Waals surface area contributed by atoms with Gasteiger partial charge in [-0.05, 0) is 11.5 Å². The van der Waals surface area contributed by atoms with E-state index in [4.69, 9.17) is 9.84 Å². The fraction of sp³-hybridized carbons (Fsp3) is 0.429. The van der Waals surface area contributed by atoms with Crippen LogP contribution in [0.15, 0.2) is 30.3 Å². The van der Waals surface area contributed by atoms with Gasteiger partial charge in [0.15, 0.2) is 0 Å². The number of hydrogen-bond acceptors (Lipinski definition) is 3. The highest BCUT2D eigenvalue weighted by atomic mass is 16.5. The van der Waals surface area contributed by atoms with Crippen LogP contribution in [0.5, 0.6) is 0 Å². The average molecular weight is 265 g/mol. The topological polar surface area (TPSA) is 75.6 Å². The Morgan fingerprint density at radius 1 is 1.32 bits per heavy atom. The molecule has 1 aromatic rings. The number of benzene rings is 1. The van der Waals surface area contributed by atoms with E-state index in [-0.39, 0.29) is 12.5 Å². The van der Waals surface area contributed by atoms with Crippen LogP contribution in [0.2, 0.25) is 0 Å². The van der Waals surface area contributed by atoms with Crippen LogP contribution < -0.4 is 5.32 Å². The van der Waals surface area contributed by atoms with Crippen molar-refractivity contribution in [1.29, 1.82) is 0 Å². The van der Waals surface area contributed by atoms with Gasteiger partial charge in [-0.3, -0.25) is 0 Å². The van der Waals surface area contributed by atoms with Crippen LogP contribution >= 0.6 is 0 Å². The zero-order chi connectivity index (χ0) is 14.3. The van der Waals surface area contributed by atoms with E-state index in [2.05, 4.69) is 5.32 Å². The predicted molar refractivity (Wildman–Crippen MR) is 70.6 cm³/mol. The van der Waals surface area contributed by atoms with E-state index in [0.717, 1.165) is 5.56 Å². The molecule has 1 aromatic carbocycles. The highest BCUT2D eigenvalue weighted by Crippen LogP contribution is 2.08. The van der Waals surface area contributed by atoms with E-state index in [1.54, 1.807) is 6.92 Å². The summed E-state index contributed by atoms with van der Waals surface area (Å²) < 4.78 is 4.99. The van der Waals surface area contributed by atoms with Crippen molar-refractivity contribution < 1.29 is 19.4 Å². The molecule has 0 saturated carbocycles. The molecule has 2 N–H and O–H groups in total. The van der Waals surface area contributed by atoms with Gasteiger partial charge >= 0.3 is 12.1 Å². The molecule has 0 aliphatic heterocycles. The van der Waals surface area contributed by atoms with Gasteiger partial charge in [-0.15, -0.1) is 0 Å². The lowest BCUT2D eigenvalue weighted by molar-refractivity contribution is -0.140. The maximum Gasteiger partial charge on any atom is 0.408 e. The zero-order valence-corrected chi connectivity index (χ0v) is 11.1. The normalized spacial score (nSPS) is 13.4. The Bertz CT molecular complexity index is 419. The molecule has 1 amide bonds. The van der Waals surface area contributed by atoms with Crippen molar-refractivity contribution in [3.05, 3.63) is 35.9 Å². The van der Waals surface area contributed by atoms with Crippen molar-refractivity contribution >= 4 is 12.1 Å². The molecule has 104 valence electrons. The van der Waals surface area contributed by atoms with Crippen LogP contribution in [0.4, 0.5) is 4.79 Å². The summed E-state index contributed by atoms with van der Waals surface area (Å²) in [7, 11) is 0. The molecule has 2 unspecified atom stereocenters. The van der Waals surface area contributed by atoms with Gasteiger partial charge in [0, 0.05) is 0 Å². The maximum absolute atomic E-state index is 11.6. The smallest absolute Gasteiger partial charge is 0.408 e. The summed E-state index contributed by atoms with van der Waals surface area (Å²) in [5.41, 5.74) is 0.855. The molecule has 1 rings (SSSR count). The lowest BCUT2D eigenvalue weighted by Gasteiger charge is -2.19. The van der Waals surface area contributed by atoms with Crippen LogP contribution in [0, 0.1) is 5.92 Å². The number of alkyl carbamates (subject to hydrolysis) is 1. The van der Waals surface area contributed by atoms with Gasteiger partial charge in [-0.1, -0.05) is 50.6 Å². The summed E-state index contributed by atoms with van der Waals surface area (Å²) in [6.07, 6.45) is -0.0489. The number of rotatable bonds is 6. The number of hydrogen-bond donors (Lipinski definition) is 2. The van der Waals surface area contributed by atoms with Gasteiger partial charge in [0.25, 0.3) is 0 Å². The van der Waals surface area contributed by atoms with E-state index >= 15 is 0 Å². The van der Waals surface area contributed by atoms with E-state index < -0.39 is 18.1 Å². The molecule has 0 aliphatic carbocycles. The van der Waals surface area contributed by atoms with Crippen molar-refractivity contribution in [3.8, 4) is 0 Å². The second kappa shape index (κ2) is 7.41. The van der Waals surface area contributed by atoms with Crippen molar-refractivity contribution in [3.63, 3.8) is 0 Å². The SMILES string of the molecule is CCC(C)C(NC(=O)OCc1ccccc1)C(=O)O. The summed E-state index contributed by atoms with van der Waals surface area (Å²) in [4.78, 5) is 22.6. The van der Waals surface area contributed by atoms with E-state index in [1.165, 1.54) is 0 Å². The number of ether oxygens (including phenoxy) is 1. The van der Waals surface area contributed by atoms with Gasteiger partial charge in [0.1, 0.15) is 12.6 Å². The molecule has 0 aliphatic rings. The highest BCUT2D eigenvalue weighted by Gasteiger charge is 2.25. The minimum absolute atomic E-state index is 0.125. The van der Waals surface area contributed by atoms with Crippen molar-refractivity contribution in [2.24, 2.45) is 5.92 Å². The predicted octanol–water partition coefficient (Wildman–Crippen LogP) is 2.41. The average Bonchev–Trinajstić information content (AvgIpc) is 2.42. The molecule has 5 nitrogen and oxygen atoms in total. The summed E-state index contributed by atoms with van der Waals surface area (Å²) in [5, 5.41) is 11.4. The number of carbonyl (C=O) groups excluding carboxylic acids is 1. The molecule has 2 atom stereocenters. The first-order chi connectivity index (χ1) is 9.04. The minimum Gasteiger partial charge on any atom is -0.480 e. The Morgan fingerprint density at radius 2 is 1.95 bits per heavy atom. The Morgan fingerprint density at radius 3 is 2.47 bits per heavy atom. The van der Waals surface area contributed by atoms with Crippen LogP contribution in [0.25, 0.3) is 0 Å². The molecule has 0 aromatic heterocycles. The molecule has 5 heteroatoms. The van der Waals surface area contributed by atoms with Crippen LogP contribution in [0.3, 0.4) is 0 Å². The molecule has 0 spiro atoms. The quantitative estimate of drug-likeness (QED) is 0.828. The number of carboxylic acids is 1. The number of aliphatic carboxylic acids is 1. The third-order valence-corrected chi connectivity index (χ3v) is 2.97. The maximum atomic E-state index is 11.6. The standard InChI is InChI=1S/C14H19NO4/c1-3-10(2)12(13(16)17)15-14(18)19-9-11-7-5-4-6-8-11/h4-8,10,12H,3,9H2,1-2H3,(H,15,18)(H,16,17). The molecular formula is C14H19NO4. The fourth-order valence-corrected chi connectivity index (χ4v) is 1.57. The Balaban J connectivity index is 2.47. The number of carbonyl (C=O) groups is 2. The summed E-state index contributed by atoms with van der Waals surface area (Å²) >= 11 is 0. The van der Waals surface area contributed by atoms with Gasteiger partial charge in [0.2, 0.25) is 0 Å². The van der Waals surface area contributed by atoms with Gasteiger partial charge in [-0.25, -0.2) is 9.59 Å². The van der Waals surface area contributed by atoms with Crippen molar-refractivity contribution in [2.45, 2.75) is 32.9 Å². The lowest BCUT2D eigenvalue weighted by atomic mass is 10.00. The van der Waals surface area contributed by atoms with Gasteiger partial charge < -0.3 is 15.2 Å². The zero-order valence-electron chi connectivity index (χ0n) is 11.1. The number of nitrogens with one attached hydrogen (secondary N) is 1. The summed E-state index contributed by atoms with van der Waals surface area (Å²) in [5.74, 6) is -1.20. The first-order valence-corrected chi connectivity index (χ1v) is 6.24. The summed E-state index contributed by atoms with van der Waals surface area (Å²) in [6, 6.07) is 8.29. The van der Waals surface area contributed by atoms with Crippen LogP contribution in [0.1, 0.15) is 25.8 Å². The van der Waals surface area contributed by atoms with Crippen molar-refractivity contribution in [1.82, 2.24) is 5.32 Å². The van der Waals surface area contributed by atoms with E-state index in [9.17, 15) is 9.59 Å².